The zero-order valence-corrected chi connectivity index (χ0v) is 9.96. The highest BCUT2D eigenvalue weighted by molar-refractivity contribution is 6.36. The Bertz CT molecular complexity index is 525. The van der Waals surface area contributed by atoms with E-state index in [9.17, 15) is 9.59 Å². The van der Waals surface area contributed by atoms with Gasteiger partial charge < -0.3 is 5.11 Å². The first-order valence-corrected chi connectivity index (χ1v) is 5.60. The molecule has 1 aromatic heterocycles. The van der Waals surface area contributed by atoms with Crippen LogP contribution in [0.4, 0.5) is 0 Å². The Labute approximate surface area is 104 Å². The molecule has 1 N–H and O–H groups in total. The van der Waals surface area contributed by atoms with Gasteiger partial charge in [0.15, 0.2) is 0 Å². The number of nitrogens with zero attached hydrogens (tertiary/aromatic N) is 3. The molecule has 1 aliphatic heterocycles. The lowest BCUT2D eigenvalue weighted by Gasteiger charge is -2.21. The average molecular weight is 247 g/mol. The van der Waals surface area contributed by atoms with E-state index in [0.717, 1.165) is 5.69 Å². The van der Waals surface area contributed by atoms with Gasteiger partial charge in [0.05, 0.1) is 12.2 Å². The molecule has 0 fully saturated rings. The largest absolute Gasteiger partial charge is 0.477 e. The summed E-state index contributed by atoms with van der Waals surface area (Å²) >= 11 is 0. The first-order chi connectivity index (χ1) is 8.56. The number of hydrogen-bond acceptors (Lipinski definition) is 4. The molecule has 6 heteroatoms. The third-order valence-electron chi connectivity index (χ3n) is 2.61. The predicted molar refractivity (Wildman–Crippen MR) is 63.8 cm³/mol. The summed E-state index contributed by atoms with van der Waals surface area (Å²) in [5, 5.41) is 13.9. The number of hydrogen-bond donors (Lipinski definition) is 1. The van der Waals surface area contributed by atoms with Gasteiger partial charge in [0.1, 0.15) is 5.71 Å². The summed E-state index contributed by atoms with van der Waals surface area (Å²) in [4.78, 5) is 26.7. The minimum Gasteiger partial charge on any atom is -0.477 e. The molecular formula is C12H13N3O3. The molecule has 1 aliphatic rings. The van der Waals surface area contributed by atoms with Crippen molar-refractivity contribution in [1.82, 2.24) is 9.99 Å². The third kappa shape index (κ3) is 2.71. The van der Waals surface area contributed by atoms with Crippen LogP contribution in [0.5, 0.6) is 0 Å². The van der Waals surface area contributed by atoms with Gasteiger partial charge in [-0.3, -0.25) is 9.78 Å². The molecule has 1 amide bonds. The fourth-order valence-corrected chi connectivity index (χ4v) is 1.72. The maximum atomic E-state index is 11.6. The second-order valence-electron chi connectivity index (χ2n) is 4.07. The molecule has 94 valence electrons. The fourth-order valence-electron chi connectivity index (χ4n) is 1.72. The monoisotopic (exact) mass is 247 g/mol. The van der Waals surface area contributed by atoms with Crippen LogP contribution in [0.25, 0.3) is 0 Å². The number of aliphatic carboxylic acids is 1. The summed E-state index contributed by atoms with van der Waals surface area (Å²) in [5.41, 5.74) is 1.56. The van der Waals surface area contributed by atoms with Crippen LogP contribution in [0.3, 0.4) is 0 Å². The molecule has 0 radical (unpaired) electrons. The summed E-state index contributed by atoms with van der Waals surface area (Å²) in [7, 11) is 0. The summed E-state index contributed by atoms with van der Waals surface area (Å²) in [6, 6.07) is 5.48. The molecule has 0 aromatic carbocycles. The van der Waals surface area contributed by atoms with Crippen molar-refractivity contribution < 1.29 is 14.7 Å². The molecule has 2 heterocycles. The molecule has 2 rings (SSSR count). The van der Waals surface area contributed by atoms with Gasteiger partial charge in [0, 0.05) is 18.5 Å². The maximum Gasteiger partial charge on any atom is 0.352 e. The Hall–Kier alpha value is -2.24. The number of aromatic nitrogens is 1. The van der Waals surface area contributed by atoms with Crippen LogP contribution in [0.1, 0.15) is 24.2 Å². The normalized spacial score (nSPS) is 15.5. The Kier molecular flexibility index (Phi) is 3.36. The van der Waals surface area contributed by atoms with Crippen molar-refractivity contribution >= 4 is 17.6 Å². The summed E-state index contributed by atoms with van der Waals surface area (Å²) in [6.45, 7) is 2.06. The van der Waals surface area contributed by atoms with Crippen molar-refractivity contribution in [2.24, 2.45) is 5.10 Å². The lowest BCUT2D eigenvalue weighted by Crippen LogP contribution is -2.34. The number of pyridine rings is 1. The highest BCUT2D eigenvalue weighted by Gasteiger charge is 2.24. The quantitative estimate of drug-likeness (QED) is 0.862. The molecule has 6 nitrogen and oxygen atoms in total. The Morgan fingerprint density at radius 2 is 2.22 bits per heavy atom. The van der Waals surface area contributed by atoms with Gasteiger partial charge in [-0.2, -0.15) is 5.10 Å². The number of amides is 1. The van der Waals surface area contributed by atoms with Crippen LogP contribution in [0.15, 0.2) is 23.3 Å². The Morgan fingerprint density at radius 3 is 2.89 bits per heavy atom. The minimum atomic E-state index is -1.08. The van der Waals surface area contributed by atoms with Crippen molar-refractivity contribution in [1.29, 1.82) is 0 Å². The molecule has 0 saturated carbocycles. The van der Waals surface area contributed by atoms with Gasteiger partial charge in [0.25, 0.3) is 0 Å². The molecule has 0 bridgehead atoms. The topological polar surface area (TPSA) is 82.9 Å². The second-order valence-corrected chi connectivity index (χ2v) is 4.07. The maximum absolute atomic E-state index is 11.6. The number of carbonyl (C=O) groups excluding carboxylic acids is 1. The predicted octanol–water partition coefficient (Wildman–Crippen LogP) is 0.953. The van der Waals surface area contributed by atoms with Crippen LogP contribution in [-0.2, 0) is 16.1 Å². The van der Waals surface area contributed by atoms with E-state index in [-0.39, 0.29) is 31.0 Å². The molecule has 0 atom stereocenters. The Balaban J connectivity index is 2.19. The number of carbonyl (C=O) groups is 2. The van der Waals surface area contributed by atoms with Gasteiger partial charge in [-0.1, -0.05) is 6.07 Å². The van der Waals surface area contributed by atoms with Crippen LogP contribution in [-0.4, -0.2) is 32.7 Å². The van der Waals surface area contributed by atoms with Gasteiger partial charge in [-0.25, -0.2) is 9.80 Å². The van der Waals surface area contributed by atoms with E-state index in [1.54, 1.807) is 6.07 Å². The minimum absolute atomic E-state index is 0.0160. The van der Waals surface area contributed by atoms with Crippen molar-refractivity contribution in [2.75, 3.05) is 0 Å². The number of carboxylic acid groups (broad SMARTS) is 1. The highest BCUT2D eigenvalue weighted by atomic mass is 16.4. The van der Waals surface area contributed by atoms with Crippen molar-refractivity contribution in [3.63, 3.8) is 0 Å². The van der Waals surface area contributed by atoms with Crippen molar-refractivity contribution in [3.05, 3.63) is 29.6 Å². The number of aryl methyl sites for hydroxylation is 1. The van der Waals surface area contributed by atoms with Crippen LogP contribution < -0.4 is 0 Å². The lowest BCUT2D eigenvalue weighted by atomic mass is 10.1. The molecule has 0 unspecified atom stereocenters. The summed E-state index contributed by atoms with van der Waals surface area (Å²) < 4.78 is 0. The van der Waals surface area contributed by atoms with Crippen LogP contribution in [0.2, 0.25) is 0 Å². The Morgan fingerprint density at radius 1 is 1.44 bits per heavy atom. The van der Waals surface area contributed by atoms with E-state index in [1.165, 1.54) is 5.01 Å². The van der Waals surface area contributed by atoms with Gasteiger partial charge in [-0.05, 0) is 19.1 Å². The van der Waals surface area contributed by atoms with Crippen LogP contribution in [0, 0.1) is 6.92 Å². The number of hydrazone groups is 1. The van der Waals surface area contributed by atoms with E-state index in [1.807, 2.05) is 19.1 Å². The van der Waals surface area contributed by atoms with E-state index in [0.29, 0.717) is 5.69 Å². The first-order valence-electron chi connectivity index (χ1n) is 5.60. The second kappa shape index (κ2) is 4.95. The standard InChI is InChI=1S/C12H13N3O3/c1-8-3-2-4-9(13-8)7-15-11(16)6-5-10(14-15)12(17)18/h2-4H,5-7H2,1H3,(H,17,18). The number of rotatable bonds is 3. The zero-order chi connectivity index (χ0) is 13.1. The van der Waals surface area contributed by atoms with Gasteiger partial charge >= 0.3 is 5.97 Å². The van der Waals surface area contributed by atoms with E-state index in [4.69, 9.17) is 5.11 Å². The SMILES string of the molecule is Cc1cccc(CN2N=C(C(=O)O)CCC2=O)n1. The fraction of sp³-hybridized carbons (Fsp3) is 0.333. The zero-order valence-electron chi connectivity index (χ0n) is 9.96. The van der Waals surface area contributed by atoms with Crippen molar-refractivity contribution in [2.45, 2.75) is 26.3 Å². The highest BCUT2D eigenvalue weighted by Crippen LogP contribution is 2.13. The summed E-state index contributed by atoms with van der Waals surface area (Å²) in [5.74, 6) is -1.26. The molecule has 0 spiro atoms. The lowest BCUT2D eigenvalue weighted by molar-refractivity contribution is -0.133. The molecule has 0 saturated heterocycles. The van der Waals surface area contributed by atoms with E-state index >= 15 is 0 Å². The third-order valence-corrected chi connectivity index (χ3v) is 2.61. The molecule has 0 aliphatic carbocycles. The molecule has 18 heavy (non-hydrogen) atoms. The van der Waals surface area contributed by atoms with Gasteiger partial charge in [-0.15, -0.1) is 0 Å². The van der Waals surface area contributed by atoms with E-state index < -0.39 is 5.97 Å². The first kappa shape index (κ1) is 12.2. The van der Waals surface area contributed by atoms with Crippen LogP contribution >= 0.6 is 0 Å². The number of carboxylic acids is 1. The average Bonchev–Trinajstić information content (AvgIpc) is 2.31. The molecule has 1 aromatic rings. The summed E-state index contributed by atoms with van der Waals surface area (Å²) in [6.07, 6.45) is 0.364. The van der Waals surface area contributed by atoms with E-state index in [2.05, 4.69) is 10.1 Å². The van der Waals surface area contributed by atoms with Crippen molar-refractivity contribution in [3.8, 4) is 0 Å². The molecular weight excluding hydrogens is 234 g/mol. The smallest absolute Gasteiger partial charge is 0.352 e. The van der Waals surface area contributed by atoms with Gasteiger partial charge in [0.2, 0.25) is 5.91 Å².